The number of carbonyl (C=O) groups is 1. The van der Waals surface area contributed by atoms with Crippen LogP contribution in [0.2, 0.25) is 0 Å². The number of hydrogen-bond donors (Lipinski definition) is 2. The van der Waals surface area contributed by atoms with E-state index in [0.717, 1.165) is 29.3 Å². The Balaban J connectivity index is 2.06. The highest BCUT2D eigenvalue weighted by Crippen LogP contribution is 2.19. The molecule has 98 valence electrons. The minimum atomic E-state index is -0.0262. The fourth-order valence-corrected chi connectivity index (χ4v) is 3.07. The highest BCUT2D eigenvalue weighted by Gasteiger charge is 2.23. The first-order valence-electron chi connectivity index (χ1n) is 6.40. The molecule has 1 aliphatic carbocycles. The van der Waals surface area contributed by atoms with E-state index in [2.05, 4.69) is 21.2 Å². The highest BCUT2D eigenvalue weighted by molar-refractivity contribution is 9.10. The third kappa shape index (κ3) is 3.33. The van der Waals surface area contributed by atoms with Gasteiger partial charge in [-0.15, -0.1) is 0 Å². The molecule has 3 N–H and O–H groups in total. The van der Waals surface area contributed by atoms with Gasteiger partial charge in [0, 0.05) is 22.1 Å². The fourth-order valence-electron chi connectivity index (χ4n) is 2.46. The number of nitrogens with one attached hydrogen (secondary N) is 1. The van der Waals surface area contributed by atoms with Gasteiger partial charge in [0.1, 0.15) is 0 Å². The second-order valence-electron chi connectivity index (χ2n) is 5.05. The molecule has 2 rings (SSSR count). The molecule has 1 aromatic carbocycles. The lowest BCUT2D eigenvalue weighted by Crippen LogP contribution is -2.49. The van der Waals surface area contributed by atoms with Crippen LogP contribution < -0.4 is 11.1 Å². The SMILES string of the molecule is Cc1cc(Br)cc(C(=O)N[C@@H]2CCCC[C@H]2N)c1. The monoisotopic (exact) mass is 310 g/mol. The summed E-state index contributed by atoms with van der Waals surface area (Å²) >= 11 is 3.41. The average molecular weight is 311 g/mol. The summed E-state index contributed by atoms with van der Waals surface area (Å²) in [6.07, 6.45) is 4.31. The van der Waals surface area contributed by atoms with E-state index in [4.69, 9.17) is 5.73 Å². The summed E-state index contributed by atoms with van der Waals surface area (Å²) < 4.78 is 0.931. The molecule has 0 spiro atoms. The largest absolute Gasteiger partial charge is 0.348 e. The van der Waals surface area contributed by atoms with Crippen molar-refractivity contribution in [1.82, 2.24) is 5.32 Å². The van der Waals surface area contributed by atoms with Crippen LogP contribution in [0.1, 0.15) is 41.6 Å². The molecule has 1 fully saturated rings. The normalized spacial score (nSPS) is 23.7. The fraction of sp³-hybridized carbons (Fsp3) is 0.500. The second-order valence-corrected chi connectivity index (χ2v) is 5.96. The zero-order valence-electron chi connectivity index (χ0n) is 10.6. The summed E-state index contributed by atoms with van der Waals surface area (Å²) in [5.74, 6) is -0.0262. The molecule has 0 aromatic heterocycles. The van der Waals surface area contributed by atoms with Gasteiger partial charge in [-0.25, -0.2) is 0 Å². The summed E-state index contributed by atoms with van der Waals surface area (Å²) in [5, 5.41) is 3.05. The van der Waals surface area contributed by atoms with Crippen LogP contribution in [0.4, 0.5) is 0 Å². The molecular formula is C14H19BrN2O. The molecule has 1 aromatic rings. The molecule has 3 nitrogen and oxygen atoms in total. The number of aryl methyl sites for hydroxylation is 1. The molecule has 1 amide bonds. The van der Waals surface area contributed by atoms with Gasteiger partial charge in [-0.3, -0.25) is 4.79 Å². The van der Waals surface area contributed by atoms with Crippen LogP contribution >= 0.6 is 15.9 Å². The minimum absolute atomic E-state index is 0.0262. The van der Waals surface area contributed by atoms with Gasteiger partial charge < -0.3 is 11.1 Å². The molecule has 18 heavy (non-hydrogen) atoms. The van der Waals surface area contributed by atoms with Crippen molar-refractivity contribution in [3.05, 3.63) is 33.8 Å². The number of halogens is 1. The van der Waals surface area contributed by atoms with Crippen molar-refractivity contribution in [1.29, 1.82) is 0 Å². The first kappa shape index (κ1) is 13.6. The van der Waals surface area contributed by atoms with Crippen molar-refractivity contribution in [3.63, 3.8) is 0 Å². The van der Waals surface area contributed by atoms with E-state index in [9.17, 15) is 4.79 Å². The van der Waals surface area contributed by atoms with E-state index in [1.807, 2.05) is 25.1 Å². The number of hydrogen-bond acceptors (Lipinski definition) is 2. The van der Waals surface area contributed by atoms with Crippen LogP contribution in [0.15, 0.2) is 22.7 Å². The number of nitrogens with two attached hydrogens (primary N) is 1. The lowest BCUT2D eigenvalue weighted by molar-refractivity contribution is 0.0921. The van der Waals surface area contributed by atoms with Crippen LogP contribution in [0.3, 0.4) is 0 Å². The van der Waals surface area contributed by atoms with Gasteiger partial charge in [-0.05, 0) is 43.5 Å². The lowest BCUT2D eigenvalue weighted by atomic mass is 9.91. The first-order valence-corrected chi connectivity index (χ1v) is 7.19. The Bertz CT molecular complexity index is 427. The highest BCUT2D eigenvalue weighted by atomic mass is 79.9. The number of rotatable bonds is 2. The van der Waals surface area contributed by atoms with Crippen molar-refractivity contribution in [2.75, 3.05) is 0 Å². The van der Waals surface area contributed by atoms with E-state index in [1.165, 1.54) is 6.42 Å². The van der Waals surface area contributed by atoms with Crippen LogP contribution in [0.5, 0.6) is 0 Å². The average Bonchev–Trinajstić information content (AvgIpc) is 2.31. The second kappa shape index (κ2) is 5.85. The topological polar surface area (TPSA) is 55.1 Å². The lowest BCUT2D eigenvalue weighted by Gasteiger charge is -2.29. The van der Waals surface area contributed by atoms with E-state index >= 15 is 0 Å². The van der Waals surface area contributed by atoms with Crippen molar-refractivity contribution in [3.8, 4) is 0 Å². The maximum atomic E-state index is 12.2. The van der Waals surface area contributed by atoms with Crippen molar-refractivity contribution >= 4 is 21.8 Å². The Hall–Kier alpha value is -0.870. The van der Waals surface area contributed by atoms with Crippen LogP contribution in [-0.4, -0.2) is 18.0 Å². The zero-order chi connectivity index (χ0) is 13.1. The van der Waals surface area contributed by atoms with Crippen molar-refractivity contribution < 1.29 is 4.79 Å². The summed E-state index contributed by atoms with van der Waals surface area (Å²) in [7, 11) is 0. The maximum Gasteiger partial charge on any atom is 0.251 e. The van der Waals surface area contributed by atoms with Gasteiger partial charge >= 0.3 is 0 Å². The quantitative estimate of drug-likeness (QED) is 0.882. The molecule has 0 aliphatic heterocycles. The number of carbonyl (C=O) groups excluding carboxylic acids is 1. The Morgan fingerprint density at radius 2 is 2.06 bits per heavy atom. The van der Waals surface area contributed by atoms with Gasteiger partial charge in [-0.2, -0.15) is 0 Å². The third-order valence-electron chi connectivity index (χ3n) is 3.44. The summed E-state index contributed by atoms with van der Waals surface area (Å²) in [4.78, 5) is 12.2. The van der Waals surface area contributed by atoms with Gasteiger partial charge in [0.2, 0.25) is 0 Å². The molecule has 1 aliphatic rings. The Kier molecular flexibility index (Phi) is 4.40. The number of benzene rings is 1. The molecule has 0 bridgehead atoms. The zero-order valence-corrected chi connectivity index (χ0v) is 12.2. The summed E-state index contributed by atoms with van der Waals surface area (Å²) in [5.41, 5.74) is 7.81. The smallest absolute Gasteiger partial charge is 0.251 e. The van der Waals surface area contributed by atoms with E-state index in [1.54, 1.807) is 0 Å². The van der Waals surface area contributed by atoms with Gasteiger partial charge in [-0.1, -0.05) is 28.8 Å². The van der Waals surface area contributed by atoms with Crippen LogP contribution in [0, 0.1) is 6.92 Å². The van der Waals surface area contributed by atoms with Gasteiger partial charge in [0.25, 0.3) is 5.91 Å². The van der Waals surface area contributed by atoms with Gasteiger partial charge in [0.05, 0.1) is 0 Å². The third-order valence-corrected chi connectivity index (χ3v) is 3.90. The molecule has 0 unspecified atom stereocenters. The number of amides is 1. The van der Waals surface area contributed by atoms with Crippen molar-refractivity contribution in [2.45, 2.75) is 44.7 Å². The summed E-state index contributed by atoms with van der Waals surface area (Å²) in [6.45, 7) is 1.98. The standard InChI is InChI=1S/C14H19BrN2O/c1-9-6-10(8-11(15)7-9)14(18)17-13-5-3-2-4-12(13)16/h6-8,12-13H,2-5,16H2,1H3,(H,17,18)/t12-,13-/m1/s1. The molecular weight excluding hydrogens is 292 g/mol. The first-order chi connectivity index (χ1) is 8.56. The molecule has 0 radical (unpaired) electrons. The Morgan fingerprint density at radius 1 is 1.33 bits per heavy atom. The molecule has 0 saturated heterocycles. The molecule has 4 heteroatoms. The van der Waals surface area contributed by atoms with Crippen LogP contribution in [-0.2, 0) is 0 Å². The molecule has 1 saturated carbocycles. The van der Waals surface area contributed by atoms with E-state index in [0.29, 0.717) is 5.56 Å². The van der Waals surface area contributed by atoms with Crippen molar-refractivity contribution in [2.24, 2.45) is 5.73 Å². The Morgan fingerprint density at radius 3 is 2.72 bits per heavy atom. The maximum absolute atomic E-state index is 12.2. The van der Waals surface area contributed by atoms with Gasteiger partial charge in [0.15, 0.2) is 0 Å². The molecule has 0 heterocycles. The predicted molar refractivity (Wildman–Crippen MR) is 76.6 cm³/mol. The van der Waals surface area contributed by atoms with Crippen LogP contribution in [0.25, 0.3) is 0 Å². The summed E-state index contributed by atoms with van der Waals surface area (Å²) in [6, 6.07) is 5.94. The molecule has 2 atom stereocenters. The Labute approximate surface area is 116 Å². The van der Waals surface area contributed by atoms with E-state index in [-0.39, 0.29) is 18.0 Å². The van der Waals surface area contributed by atoms with E-state index < -0.39 is 0 Å². The predicted octanol–water partition coefficient (Wildman–Crippen LogP) is 2.76. The minimum Gasteiger partial charge on any atom is -0.348 e.